The van der Waals surface area contributed by atoms with Gasteiger partial charge in [-0.3, -0.25) is 19.2 Å². The number of fused-ring (bicyclic) bond motifs is 1. The number of aryl methyl sites for hydroxylation is 1. The van der Waals surface area contributed by atoms with Crippen molar-refractivity contribution in [3.05, 3.63) is 35.4 Å². The molecule has 0 saturated carbocycles. The Labute approximate surface area is 158 Å². The molecule has 2 fully saturated rings. The van der Waals surface area contributed by atoms with Crippen LogP contribution in [0.1, 0.15) is 11.1 Å². The monoisotopic (exact) mass is 370 g/mol. The zero-order chi connectivity index (χ0) is 19.1. The number of aliphatic imine (C=N–C) groups is 1. The first-order valence-electron chi connectivity index (χ1n) is 9.13. The maximum atomic E-state index is 13.2. The number of nitrogens with zero attached hydrogens (tertiary/aromatic N) is 5. The SMILES string of the molecule is Cc1ccc(CN2C(=O)C3C(=NC(=[N+]4CCOCC4)N3C)N(C)C2=O)cc1. The Hall–Kier alpha value is -2.74. The van der Waals surface area contributed by atoms with Crippen molar-refractivity contribution in [2.24, 2.45) is 4.99 Å². The number of urea groups is 1. The first-order valence-corrected chi connectivity index (χ1v) is 9.13. The molecule has 3 aliphatic heterocycles. The number of benzene rings is 1. The van der Waals surface area contributed by atoms with Crippen molar-refractivity contribution in [2.75, 3.05) is 40.4 Å². The van der Waals surface area contributed by atoms with Gasteiger partial charge in [0.25, 0.3) is 5.91 Å². The van der Waals surface area contributed by atoms with E-state index in [9.17, 15) is 9.59 Å². The van der Waals surface area contributed by atoms with Crippen molar-refractivity contribution >= 4 is 23.7 Å². The molecule has 27 heavy (non-hydrogen) atoms. The Balaban J connectivity index is 1.64. The Morgan fingerprint density at radius 2 is 1.81 bits per heavy atom. The molecule has 142 valence electrons. The van der Waals surface area contributed by atoms with Crippen molar-refractivity contribution in [3.63, 3.8) is 0 Å². The van der Waals surface area contributed by atoms with Gasteiger partial charge in [-0.15, -0.1) is 0 Å². The maximum Gasteiger partial charge on any atom is 0.392 e. The van der Waals surface area contributed by atoms with Crippen LogP contribution in [-0.4, -0.2) is 89.4 Å². The highest BCUT2D eigenvalue weighted by atomic mass is 16.5. The molecule has 4 rings (SSSR count). The molecule has 0 bridgehead atoms. The molecule has 1 aromatic rings. The highest BCUT2D eigenvalue weighted by Gasteiger charge is 2.54. The van der Waals surface area contributed by atoms with Gasteiger partial charge in [-0.2, -0.15) is 0 Å². The second kappa shape index (κ2) is 6.77. The summed E-state index contributed by atoms with van der Waals surface area (Å²) >= 11 is 0. The quantitative estimate of drug-likeness (QED) is 0.711. The average molecular weight is 370 g/mol. The number of hydrogen-bond donors (Lipinski definition) is 0. The van der Waals surface area contributed by atoms with Gasteiger partial charge in [0.1, 0.15) is 0 Å². The summed E-state index contributed by atoms with van der Waals surface area (Å²) in [6.07, 6.45) is 0. The molecule has 0 aliphatic carbocycles. The number of imide groups is 1. The average Bonchev–Trinajstić information content (AvgIpc) is 3.03. The van der Waals surface area contributed by atoms with Gasteiger partial charge in [-0.05, 0) is 12.5 Å². The Morgan fingerprint density at radius 1 is 1.15 bits per heavy atom. The minimum Gasteiger partial charge on any atom is -0.375 e. The summed E-state index contributed by atoms with van der Waals surface area (Å²) in [5, 5.41) is 0. The molecule has 0 N–H and O–H groups in total. The second-order valence-corrected chi connectivity index (χ2v) is 7.13. The minimum atomic E-state index is -0.573. The first kappa shape index (κ1) is 17.7. The molecule has 0 radical (unpaired) electrons. The lowest BCUT2D eigenvalue weighted by Crippen LogP contribution is -2.63. The lowest BCUT2D eigenvalue weighted by atomic mass is 10.1. The van der Waals surface area contributed by atoms with Crippen molar-refractivity contribution in [2.45, 2.75) is 19.5 Å². The minimum absolute atomic E-state index is 0.233. The topological polar surface area (TPSA) is 68.5 Å². The van der Waals surface area contributed by atoms with Gasteiger partial charge in [0, 0.05) is 7.05 Å². The molecule has 8 heteroatoms. The van der Waals surface area contributed by atoms with Crippen LogP contribution in [0.5, 0.6) is 0 Å². The number of ether oxygens (including phenoxy) is 1. The maximum absolute atomic E-state index is 13.2. The second-order valence-electron chi connectivity index (χ2n) is 7.13. The van der Waals surface area contributed by atoms with E-state index in [2.05, 4.69) is 9.57 Å². The lowest BCUT2D eigenvalue weighted by Gasteiger charge is -2.34. The van der Waals surface area contributed by atoms with E-state index < -0.39 is 6.04 Å². The van der Waals surface area contributed by atoms with Gasteiger partial charge in [0.15, 0.2) is 0 Å². The summed E-state index contributed by atoms with van der Waals surface area (Å²) < 4.78 is 7.50. The lowest BCUT2D eigenvalue weighted by molar-refractivity contribution is -0.554. The predicted molar refractivity (Wildman–Crippen MR) is 99.7 cm³/mol. The van der Waals surface area contributed by atoms with Crippen LogP contribution in [-0.2, 0) is 16.1 Å². The molecule has 1 aromatic carbocycles. The summed E-state index contributed by atoms with van der Waals surface area (Å²) in [6, 6.07) is 6.95. The summed E-state index contributed by atoms with van der Waals surface area (Å²) in [7, 11) is 3.54. The normalized spacial score (nSPS) is 23.1. The van der Waals surface area contributed by atoms with E-state index in [-0.39, 0.29) is 18.5 Å². The van der Waals surface area contributed by atoms with Crippen molar-refractivity contribution in [3.8, 4) is 0 Å². The first-order chi connectivity index (χ1) is 13.0. The van der Waals surface area contributed by atoms with E-state index >= 15 is 0 Å². The van der Waals surface area contributed by atoms with Crippen LogP contribution in [0.25, 0.3) is 0 Å². The fourth-order valence-corrected chi connectivity index (χ4v) is 3.67. The standard InChI is InChI=1S/C19H24N5O3/c1-13-4-6-14(7-5-13)12-24-17(25)15-16(22(3)19(24)26)20-18(21(15)2)23-8-10-27-11-9-23/h4-7,15H,8-12H2,1-3H3/q+1. The van der Waals surface area contributed by atoms with E-state index in [4.69, 9.17) is 4.74 Å². The zero-order valence-electron chi connectivity index (χ0n) is 15.9. The van der Waals surface area contributed by atoms with Crippen LogP contribution in [0.4, 0.5) is 4.79 Å². The third-order valence-corrected chi connectivity index (χ3v) is 5.28. The molecule has 0 spiro atoms. The predicted octanol–water partition coefficient (Wildman–Crippen LogP) is 0.500. The number of likely N-dealkylation sites (N-methyl/N-ethyl adjacent to an activating group) is 2. The number of amidine groups is 1. The summed E-state index contributed by atoms with van der Waals surface area (Å²) in [6.45, 7) is 4.98. The molecule has 3 amide bonds. The number of amides is 3. The molecule has 2 saturated heterocycles. The van der Waals surface area contributed by atoms with Crippen LogP contribution < -0.4 is 0 Å². The molecular weight excluding hydrogens is 346 g/mol. The van der Waals surface area contributed by atoms with E-state index in [1.165, 1.54) is 9.80 Å². The van der Waals surface area contributed by atoms with Crippen molar-refractivity contribution in [1.82, 2.24) is 14.7 Å². The van der Waals surface area contributed by atoms with Crippen LogP contribution in [0.3, 0.4) is 0 Å². The van der Waals surface area contributed by atoms with Gasteiger partial charge >= 0.3 is 12.0 Å². The molecular formula is C19H24N5O3+. The molecule has 1 atom stereocenters. The zero-order valence-corrected chi connectivity index (χ0v) is 15.9. The van der Waals surface area contributed by atoms with Crippen LogP contribution >= 0.6 is 0 Å². The molecule has 3 heterocycles. The highest BCUT2D eigenvalue weighted by Crippen LogP contribution is 2.24. The van der Waals surface area contributed by atoms with E-state index in [0.29, 0.717) is 19.0 Å². The van der Waals surface area contributed by atoms with Crippen LogP contribution in [0, 0.1) is 6.92 Å². The largest absolute Gasteiger partial charge is 0.392 e. The number of carbonyl (C=O) groups excluding carboxylic acids is 2. The number of morpholine rings is 1. The number of rotatable bonds is 2. The molecule has 8 nitrogen and oxygen atoms in total. The molecule has 1 unspecified atom stereocenters. The fraction of sp³-hybridized carbons (Fsp3) is 0.474. The highest BCUT2D eigenvalue weighted by molar-refractivity contribution is 6.25. The van der Waals surface area contributed by atoms with Crippen LogP contribution in [0.15, 0.2) is 29.3 Å². The van der Waals surface area contributed by atoms with Gasteiger partial charge in [-0.1, -0.05) is 34.8 Å². The van der Waals surface area contributed by atoms with Crippen molar-refractivity contribution in [1.29, 1.82) is 0 Å². The van der Waals surface area contributed by atoms with E-state index in [1.54, 1.807) is 7.05 Å². The van der Waals surface area contributed by atoms with Gasteiger partial charge in [0.05, 0.1) is 39.9 Å². The van der Waals surface area contributed by atoms with E-state index in [1.807, 2.05) is 43.1 Å². The van der Waals surface area contributed by atoms with Gasteiger partial charge < -0.3 is 4.74 Å². The van der Waals surface area contributed by atoms with Gasteiger partial charge in [0.2, 0.25) is 11.9 Å². The molecule has 0 aromatic heterocycles. The number of carbonyl (C=O) groups is 2. The van der Waals surface area contributed by atoms with Gasteiger partial charge in [-0.25, -0.2) is 9.69 Å². The fourth-order valence-electron chi connectivity index (χ4n) is 3.67. The Kier molecular flexibility index (Phi) is 4.43. The number of guanidine groups is 1. The molecule has 3 aliphatic rings. The summed E-state index contributed by atoms with van der Waals surface area (Å²) in [5.74, 6) is 0.987. The van der Waals surface area contributed by atoms with E-state index in [0.717, 1.165) is 30.2 Å². The van der Waals surface area contributed by atoms with Crippen molar-refractivity contribution < 1.29 is 18.9 Å². The van der Waals surface area contributed by atoms with Crippen LogP contribution in [0.2, 0.25) is 0 Å². The third-order valence-electron chi connectivity index (χ3n) is 5.28. The Bertz CT molecular complexity index is 837. The smallest absolute Gasteiger partial charge is 0.375 e. The Morgan fingerprint density at radius 3 is 2.48 bits per heavy atom. The summed E-state index contributed by atoms with van der Waals surface area (Å²) in [5.41, 5.74) is 2.07. The summed E-state index contributed by atoms with van der Waals surface area (Å²) in [4.78, 5) is 35.3. The third kappa shape index (κ3) is 2.99. The number of hydrogen-bond acceptors (Lipinski definition) is 3.